The number of hydrogen-bond acceptors (Lipinski definition) is 2. The second-order valence-corrected chi connectivity index (χ2v) is 4.24. The Balaban J connectivity index is 0.000000531. The number of rotatable bonds is 1. The molecular formula is C12H23N3. The molecular weight excluding hydrogens is 186 g/mol. The van der Waals surface area contributed by atoms with Gasteiger partial charge in [0, 0.05) is 5.92 Å². The maximum atomic E-state index is 4.39. The van der Waals surface area contributed by atoms with E-state index in [1.165, 1.54) is 25.7 Å². The van der Waals surface area contributed by atoms with E-state index in [4.69, 9.17) is 0 Å². The third kappa shape index (κ3) is 3.33. The second-order valence-electron chi connectivity index (χ2n) is 4.24. The van der Waals surface area contributed by atoms with E-state index in [1.807, 2.05) is 20.8 Å². The molecule has 1 aliphatic carbocycles. The van der Waals surface area contributed by atoms with Gasteiger partial charge in [0.05, 0.1) is 0 Å². The van der Waals surface area contributed by atoms with Gasteiger partial charge in [-0.15, -0.1) is 0 Å². The summed E-state index contributed by atoms with van der Waals surface area (Å²) in [6, 6.07) is 0. The molecule has 0 aliphatic heterocycles. The van der Waals surface area contributed by atoms with E-state index in [1.54, 1.807) is 0 Å². The van der Waals surface area contributed by atoms with Crippen LogP contribution in [0.4, 0.5) is 0 Å². The van der Waals surface area contributed by atoms with Crippen LogP contribution in [0.15, 0.2) is 0 Å². The van der Waals surface area contributed by atoms with Gasteiger partial charge in [0.25, 0.3) is 0 Å². The average Bonchev–Trinajstić information content (AvgIpc) is 2.69. The van der Waals surface area contributed by atoms with Crippen molar-refractivity contribution in [3.05, 3.63) is 11.6 Å². The largest absolute Gasteiger partial charge is 0.263 e. The third-order valence-corrected chi connectivity index (χ3v) is 3.00. The molecule has 0 radical (unpaired) electrons. The minimum atomic E-state index is 0.612. The van der Waals surface area contributed by atoms with E-state index in [0.29, 0.717) is 5.92 Å². The quantitative estimate of drug-likeness (QED) is 0.770. The summed E-state index contributed by atoms with van der Waals surface area (Å²) < 4.78 is 0. The van der Waals surface area contributed by atoms with Crippen LogP contribution in [-0.2, 0) is 0 Å². The molecule has 1 fully saturated rings. The smallest absolute Gasteiger partial charge is 0.153 e. The molecule has 2 rings (SSSR count). The van der Waals surface area contributed by atoms with Gasteiger partial charge in [0.15, 0.2) is 5.82 Å². The summed E-state index contributed by atoms with van der Waals surface area (Å²) in [4.78, 5) is 4.39. The predicted octanol–water partition coefficient (Wildman–Crippen LogP) is 3.43. The molecule has 0 amide bonds. The first-order valence-corrected chi connectivity index (χ1v) is 6.14. The molecule has 0 aromatic carbocycles. The summed E-state index contributed by atoms with van der Waals surface area (Å²) >= 11 is 0. The monoisotopic (exact) mass is 209 g/mol. The van der Waals surface area contributed by atoms with Crippen molar-refractivity contribution in [1.29, 1.82) is 0 Å². The van der Waals surface area contributed by atoms with Crippen molar-refractivity contribution in [1.82, 2.24) is 15.2 Å². The SMILES string of the molecule is CC.Cc1nc(C2CCC(C)CC2)n[nH]1. The first-order valence-electron chi connectivity index (χ1n) is 6.14. The van der Waals surface area contributed by atoms with E-state index in [2.05, 4.69) is 22.1 Å². The molecule has 0 spiro atoms. The molecule has 0 bridgehead atoms. The van der Waals surface area contributed by atoms with Gasteiger partial charge in [-0.05, 0) is 25.7 Å². The fraction of sp³-hybridized carbons (Fsp3) is 0.833. The molecule has 0 saturated heterocycles. The van der Waals surface area contributed by atoms with Crippen LogP contribution in [0.25, 0.3) is 0 Å². The summed E-state index contributed by atoms with van der Waals surface area (Å²) in [5, 5.41) is 7.14. The van der Waals surface area contributed by atoms with E-state index in [-0.39, 0.29) is 0 Å². The summed E-state index contributed by atoms with van der Waals surface area (Å²) in [6.07, 6.45) is 5.19. The molecule has 1 heterocycles. The Morgan fingerprint density at radius 1 is 1.13 bits per heavy atom. The predicted molar refractivity (Wildman–Crippen MR) is 62.8 cm³/mol. The number of nitrogens with one attached hydrogen (secondary N) is 1. The van der Waals surface area contributed by atoms with E-state index in [0.717, 1.165) is 17.6 Å². The van der Waals surface area contributed by atoms with Crippen molar-refractivity contribution < 1.29 is 0 Å². The van der Waals surface area contributed by atoms with Gasteiger partial charge in [-0.25, -0.2) is 4.98 Å². The first-order chi connectivity index (χ1) is 7.25. The second kappa shape index (κ2) is 5.89. The van der Waals surface area contributed by atoms with E-state index in [9.17, 15) is 0 Å². The molecule has 86 valence electrons. The normalized spacial score (nSPS) is 25.6. The molecule has 0 atom stereocenters. The van der Waals surface area contributed by atoms with Crippen molar-refractivity contribution in [2.24, 2.45) is 5.92 Å². The van der Waals surface area contributed by atoms with Gasteiger partial charge in [-0.2, -0.15) is 5.10 Å². The highest BCUT2D eigenvalue weighted by molar-refractivity contribution is 4.98. The van der Waals surface area contributed by atoms with Crippen molar-refractivity contribution in [3.8, 4) is 0 Å². The van der Waals surface area contributed by atoms with Gasteiger partial charge in [-0.1, -0.05) is 33.6 Å². The number of aromatic amines is 1. The summed E-state index contributed by atoms with van der Waals surface area (Å²) in [5.41, 5.74) is 0. The lowest BCUT2D eigenvalue weighted by molar-refractivity contribution is 0.340. The van der Waals surface area contributed by atoms with Gasteiger partial charge < -0.3 is 0 Å². The lowest BCUT2D eigenvalue weighted by atomic mass is 9.83. The summed E-state index contributed by atoms with van der Waals surface area (Å²) in [5.74, 6) is 3.48. The minimum absolute atomic E-state index is 0.612. The Bertz CT molecular complexity index is 272. The highest BCUT2D eigenvalue weighted by Gasteiger charge is 2.22. The highest BCUT2D eigenvalue weighted by Crippen LogP contribution is 2.33. The van der Waals surface area contributed by atoms with Crippen molar-refractivity contribution in [2.75, 3.05) is 0 Å². The number of hydrogen-bond donors (Lipinski definition) is 1. The Morgan fingerprint density at radius 2 is 1.73 bits per heavy atom. The minimum Gasteiger partial charge on any atom is -0.263 e. The van der Waals surface area contributed by atoms with Crippen molar-refractivity contribution in [3.63, 3.8) is 0 Å². The Labute approximate surface area is 92.7 Å². The zero-order chi connectivity index (χ0) is 11.3. The van der Waals surface area contributed by atoms with Gasteiger partial charge in [0.1, 0.15) is 5.82 Å². The van der Waals surface area contributed by atoms with Gasteiger partial charge in [0.2, 0.25) is 0 Å². The van der Waals surface area contributed by atoms with Crippen LogP contribution >= 0.6 is 0 Å². The fourth-order valence-electron chi connectivity index (χ4n) is 2.06. The van der Waals surface area contributed by atoms with Crippen molar-refractivity contribution >= 4 is 0 Å². The van der Waals surface area contributed by atoms with Gasteiger partial charge in [-0.3, -0.25) is 5.10 Å². The Hall–Kier alpha value is -0.860. The Morgan fingerprint density at radius 3 is 2.20 bits per heavy atom. The molecule has 3 heteroatoms. The zero-order valence-corrected chi connectivity index (χ0v) is 10.4. The molecule has 1 aliphatic rings. The lowest BCUT2D eigenvalue weighted by Crippen LogP contribution is -2.11. The van der Waals surface area contributed by atoms with Crippen LogP contribution in [-0.4, -0.2) is 15.2 Å². The number of aromatic nitrogens is 3. The molecule has 1 aromatic rings. The third-order valence-electron chi connectivity index (χ3n) is 3.00. The molecule has 1 saturated carbocycles. The van der Waals surface area contributed by atoms with Crippen LogP contribution in [0.5, 0.6) is 0 Å². The van der Waals surface area contributed by atoms with Gasteiger partial charge >= 0.3 is 0 Å². The topological polar surface area (TPSA) is 41.6 Å². The lowest BCUT2D eigenvalue weighted by Gasteiger charge is -2.23. The fourth-order valence-corrected chi connectivity index (χ4v) is 2.06. The number of aryl methyl sites for hydroxylation is 1. The zero-order valence-electron chi connectivity index (χ0n) is 10.4. The van der Waals surface area contributed by atoms with Crippen LogP contribution in [0.3, 0.4) is 0 Å². The van der Waals surface area contributed by atoms with E-state index >= 15 is 0 Å². The number of H-pyrrole nitrogens is 1. The summed E-state index contributed by atoms with van der Waals surface area (Å²) in [6.45, 7) is 8.29. The molecule has 15 heavy (non-hydrogen) atoms. The van der Waals surface area contributed by atoms with Crippen LogP contribution in [0, 0.1) is 12.8 Å². The number of nitrogens with zero attached hydrogens (tertiary/aromatic N) is 2. The Kier molecular flexibility index (Phi) is 4.79. The first kappa shape index (κ1) is 12.2. The van der Waals surface area contributed by atoms with Crippen LogP contribution in [0.1, 0.15) is 64.0 Å². The van der Waals surface area contributed by atoms with E-state index < -0.39 is 0 Å². The molecule has 0 unspecified atom stereocenters. The molecule has 3 nitrogen and oxygen atoms in total. The highest BCUT2D eigenvalue weighted by atomic mass is 15.2. The molecule has 1 aromatic heterocycles. The van der Waals surface area contributed by atoms with Crippen LogP contribution < -0.4 is 0 Å². The van der Waals surface area contributed by atoms with Crippen LogP contribution in [0.2, 0.25) is 0 Å². The standard InChI is InChI=1S/C10H17N3.C2H6/c1-7-3-5-9(6-4-7)10-11-8(2)12-13-10;1-2/h7,9H,3-6H2,1-2H3,(H,11,12,13);1-2H3. The maximum Gasteiger partial charge on any atom is 0.153 e. The molecule has 1 N–H and O–H groups in total. The van der Waals surface area contributed by atoms with Crippen molar-refractivity contribution in [2.45, 2.75) is 59.3 Å². The average molecular weight is 209 g/mol. The maximum absolute atomic E-state index is 4.39. The summed E-state index contributed by atoms with van der Waals surface area (Å²) in [7, 11) is 0.